The lowest BCUT2D eigenvalue weighted by Crippen LogP contribution is -2.56. The number of likely N-dealkylation sites (tertiary alicyclic amines) is 1. The second-order valence-corrected chi connectivity index (χ2v) is 9.45. The smallest absolute Gasteiger partial charge is 0.357 e. The Labute approximate surface area is 192 Å². The first-order chi connectivity index (χ1) is 15.8. The number of rotatable bonds is 2. The van der Waals surface area contributed by atoms with E-state index in [9.17, 15) is 18.0 Å². The molecule has 0 saturated carbocycles. The number of alkyl halides is 3. The van der Waals surface area contributed by atoms with Crippen LogP contribution in [0, 0.1) is 0 Å². The highest BCUT2D eigenvalue weighted by molar-refractivity contribution is 5.95. The lowest BCUT2D eigenvalue weighted by atomic mass is 9.81. The highest BCUT2D eigenvalue weighted by Crippen LogP contribution is 2.44. The first kappa shape index (κ1) is 22.3. The predicted octanol–water partition coefficient (Wildman–Crippen LogP) is 3.97. The second kappa shape index (κ2) is 8.34. The van der Waals surface area contributed by atoms with Gasteiger partial charge in [0.1, 0.15) is 11.5 Å². The van der Waals surface area contributed by atoms with Crippen molar-refractivity contribution in [2.45, 2.75) is 50.4 Å². The molecular formula is C24H30F3N5O. The molecule has 3 aliphatic rings. The van der Waals surface area contributed by atoms with E-state index in [1.807, 2.05) is 18.0 Å². The van der Waals surface area contributed by atoms with Crippen LogP contribution < -0.4 is 4.90 Å². The summed E-state index contributed by atoms with van der Waals surface area (Å²) in [7, 11) is 1.98. The second-order valence-electron chi connectivity index (χ2n) is 9.45. The van der Waals surface area contributed by atoms with Crippen molar-refractivity contribution in [3.8, 4) is 0 Å². The van der Waals surface area contributed by atoms with Crippen molar-refractivity contribution in [3.05, 3.63) is 47.4 Å². The van der Waals surface area contributed by atoms with E-state index >= 15 is 0 Å². The van der Waals surface area contributed by atoms with E-state index in [1.165, 1.54) is 17.1 Å². The van der Waals surface area contributed by atoms with Crippen LogP contribution in [0.1, 0.15) is 53.8 Å². The molecule has 2 fully saturated rings. The first-order valence-corrected chi connectivity index (χ1v) is 11.8. The van der Waals surface area contributed by atoms with Gasteiger partial charge in [-0.2, -0.15) is 13.2 Å². The summed E-state index contributed by atoms with van der Waals surface area (Å²) in [6.07, 6.45) is 2.06. The molecule has 0 aromatic carbocycles. The van der Waals surface area contributed by atoms with Gasteiger partial charge in [0.15, 0.2) is 0 Å². The Balaban J connectivity index is 1.33. The molecule has 0 aliphatic carbocycles. The number of halogens is 3. The Morgan fingerprint density at radius 1 is 0.970 bits per heavy atom. The van der Waals surface area contributed by atoms with Crippen LogP contribution in [-0.2, 0) is 18.3 Å². The highest BCUT2D eigenvalue weighted by atomic mass is 19.4. The molecule has 0 atom stereocenters. The Morgan fingerprint density at radius 3 is 2.39 bits per heavy atom. The topological polar surface area (TPSA) is 44.6 Å². The molecule has 178 valence electrons. The van der Waals surface area contributed by atoms with Gasteiger partial charge in [0, 0.05) is 56.7 Å². The number of piperidine rings is 2. The van der Waals surface area contributed by atoms with Crippen LogP contribution in [0.3, 0.4) is 0 Å². The van der Waals surface area contributed by atoms with Gasteiger partial charge in [-0.05, 0) is 63.4 Å². The first-order valence-electron chi connectivity index (χ1n) is 11.8. The molecule has 1 spiro atoms. The summed E-state index contributed by atoms with van der Waals surface area (Å²) in [6.45, 7) is 3.83. The van der Waals surface area contributed by atoms with Crippen molar-refractivity contribution in [1.29, 1.82) is 0 Å². The molecule has 0 N–H and O–H groups in total. The van der Waals surface area contributed by atoms with E-state index in [1.54, 1.807) is 18.3 Å². The van der Waals surface area contributed by atoms with Crippen LogP contribution in [-0.4, -0.2) is 65.0 Å². The van der Waals surface area contributed by atoms with Gasteiger partial charge in [-0.3, -0.25) is 9.69 Å². The summed E-state index contributed by atoms with van der Waals surface area (Å²) in [5.41, 5.74) is 0.286. The number of nitrogens with zero attached hydrogens (tertiary/aromatic N) is 5. The third kappa shape index (κ3) is 3.90. The largest absolute Gasteiger partial charge is 0.431 e. The third-order valence-corrected chi connectivity index (χ3v) is 7.69. The Morgan fingerprint density at radius 2 is 1.70 bits per heavy atom. The van der Waals surface area contributed by atoms with Gasteiger partial charge in [0.2, 0.25) is 0 Å². The van der Waals surface area contributed by atoms with Crippen LogP contribution in [0.5, 0.6) is 0 Å². The number of pyridine rings is 1. The molecule has 0 radical (unpaired) electrons. The lowest BCUT2D eigenvalue weighted by molar-refractivity contribution is -0.144. The van der Waals surface area contributed by atoms with E-state index < -0.39 is 17.4 Å². The van der Waals surface area contributed by atoms with Crippen LogP contribution in [0.2, 0.25) is 0 Å². The van der Waals surface area contributed by atoms with Crippen LogP contribution in [0.15, 0.2) is 30.5 Å². The summed E-state index contributed by atoms with van der Waals surface area (Å²) < 4.78 is 41.9. The summed E-state index contributed by atoms with van der Waals surface area (Å²) in [6, 6.07) is 6.47. The van der Waals surface area contributed by atoms with Gasteiger partial charge >= 0.3 is 6.18 Å². The molecule has 2 aromatic rings. The summed E-state index contributed by atoms with van der Waals surface area (Å²) in [4.78, 5) is 24.0. The normalized spacial score (nSPS) is 21.3. The van der Waals surface area contributed by atoms with E-state index in [4.69, 9.17) is 0 Å². The summed E-state index contributed by atoms with van der Waals surface area (Å²) in [5, 5.41) is 0. The van der Waals surface area contributed by atoms with E-state index in [0.717, 1.165) is 31.7 Å². The Hall–Kier alpha value is -2.55. The maximum atomic E-state index is 13.5. The molecule has 2 saturated heterocycles. The van der Waals surface area contributed by atoms with Gasteiger partial charge in [0.05, 0.1) is 5.54 Å². The standard InChI is InChI=1S/C24H30F3N5O/c1-29-15-16-32-19(5-6-20(32)24(25,26)27)23(29)8-13-31(14-9-23)22(33)18-7-10-28-21(17-18)30-11-3-2-4-12-30/h5-7,10,17H,2-4,8-9,11-16H2,1H3. The number of carbonyl (C=O) groups is 1. The molecule has 9 heteroatoms. The molecule has 0 unspecified atom stereocenters. The molecule has 1 amide bonds. The van der Waals surface area contributed by atoms with Gasteiger partial charge in [-0.15, -0.1) is 0 Å². The van der Waals surface area contributed by atoms with Gasteiger partial charge in [-0.1, -0.05) is 0 Å². The fourth-order valence-electron chi connectivity index (χ4n) is 5.77. The summed E-state index contributed by atoms with van der Waals surface area (Å²) >= 11 is 0. The number of hydrogen-bond acceptors (Lipinski definition) is 4. The van der Waals surface area contributed by atoms with E-state index in [0.29, 0.717) is 50.3 Å². The average Bonchev–Trinajstić information content (AvgIpc) is 3.28. The molecule has 3 aliphatic heterocycles. The minimum Gasteiger partial charge on any atom is -0.357 e. The van der Waals surface area contributed by atoms with Crippen LogP contribution in [0.4, 0.5) is 19.0 Å². The highest BCUT2D eigenvalue weighted by Gasteiger charge is 2.47. The van der Waals surface area contributed by atoms with Crippen LogP contribution in [0.25, 0.3) is 0 Å². The van der Waals surface area contributed by atoms with Gasteiger partial charge in [0.25, 0.3) is 5.91 Å². The van der Waals surface area contributed by atoms with Crippen LogP contribution >= 0.6 is 0 Å². The lowest BCUT2D eigenvalue weighted by Gasteiger charge is -2.50. The molecule has 5 heterocycles. The number of fused-ring (bicyclic) bond motifs is 2. The molecule has 33 heavy (non-hydrogen) atoms. The molecular weight excluding hydrogens is 431 g/mol. The van der Waals surface area contributed by atoms with Gasteiger partial charge in [-0.25, -0.2) is 4.98 Å². The number of anilines is 1. The Kier molecular flexibility index (Phi) is 5.63. The SMILES string of the molecule is CN1CCn2c(C(F)(F)F)ccc2C12CCN(C(=O)c1ccnc(N3CCCCC3)c1)CC2. The van der Waals surface area contributed by atoms with Crippen molar-refractivity contribution in [2.24, 2.45) is 0 Å². The number of hydrogen-bond donors (Lipinski definition) is 0. The average molecular weight is 462 g/mol. The van der Waals surface area contributed by atoms with Crippen molar-refractivity contribution >= 4 is 11.7 Å². The summed E-state index contributed by atoms with van der Waals surface area (Å²) in [5.74, 6) is 0.814. The van der Waals surface area contributed by atoms with E-state index in [-0.39, 0.29) is 5.91 Å². The van der Waals surface area contributed by atoms with Crippen molar-refractivity contribution in [1.82, 2.24) is 19.4 Å². The maximum absolute atomic E-state index is 13.5. The Bertz CT molecular complexity index is 1020. The van der Waals surface area contributed by atoms with Crippen molar-refractivity contribution in [3.63, 3.8) is 0 Å². The zero-order chi connectivity index (χ0) is 23.2. The number of aromatic nitrogens is 2. The fourth-order valence-corrected chi connectivity index (χ4v) is 5.77. The molecule has 0 bridgehead atoms. The van der Waals surface area contributed by atoms with E-state index in [2.05, 4.69) is 14.8 Å². The molecule has 2 aromatic heterocycles. The minimum atomic E-state index is -4.36. The quantitative estimate of drug-likeness (QED) is 0.679. The van der Waals surface area contributed by atoms with Crippen molar-refractivity contribution in [2.75, 3.05) is 44.7 Å². The number of carbonyl (C=O) groups excluding carboxylic acids is 1. The molecule has 6 nitrogen and oxygen atoms in total. The monoisotopic (exact) mass is 461 g/mol. The third-order valence-electron chi connectivity index (χ3n) is 7.69. The number of likely N-dealkylation sites (N-methyl/N-ethyl adjacent to an activating group) is 1. The van der Waals surface area contributed by atoms with Crippen molar-refractivity contribution < 1.29 is 18.0 Å². The maximum Gasteiger partial charge on any atom is 0.431 e. The number of amides is 1. The minimum absolute atomic E-state index is 0.0321. The zero-order valence-electron chi connectivity index (χ0n) is 18.9. The molecule has 5 rings (SSSR count). The predicted molar refractivity (Wildman–Crippen MR) is 119 cm³/mol. The van der Waals surface area contributed by atoms with Gasteiger partial charge < -0.3 is 14.4 Å². The zero-order valence-corrected chi connectivity index (χ0v) is 18.9. The fraction of sp³-hybridized carbons (Fsp3) is 0.583.